The first kappa shape index (κ1) is 27.9. The number of piperidine rings is 1. The number of hydrogen-bond acceptors (Lipinski definition) is 8. The van der Waals surface area contributed by atoms with Gasteiger partial charge in [0.25, 0.3) is 0 Å². The molecule has 1 unspecified atom stereocenters. The van der Waals surface area contributed by atoms with Gasteiger partial charge in [-0.2, -0.15) is 13.2 Å². The third-order valence-electron chi connectivity index (χ3n) is 6.57. The van der Waals surface area contributed by atoms with Gasteiger partial charge in [0, 0.05) is 31.1 Å². The number of thiophene rings is 1. The summed E-state index contributed by atoms with van der Waals surface area (Å²) in [6.07, 6.45) is -1.91. The summed E-state index contributed by atoms with van der Waals surface area (Å²) in [5, 5.41) is 23.8. The lowest BCUT2D eigenvalue weighted by Gasteiger charge is -2.34. The van der Waals surface area contributed by atoms with E-state index in [2.05, 4.69) is 17.1 Å². The van der Waals surface area contributed by atoms with Gasteiger partial charge in [-0.05, 0) is 55.2 Å². The Morgan fingerprint density at radius 2 is 1.97 bits per heavy atom. The molecule has 0 spiro atoms. The molecule has 2 aromatic heterocycles. The molecular weight excluding hydrogens is 521 g/mol. The molecule has 0 bridgehead atoms. The molecule has 1 atom stereocenters. The van der Waals surface area contributed by atoms with Gasteiger partial charge < -0.3 is 30.9 Å². The molecule has 0 saturated carbocycles. The van der Waals surface area contributed by atoms with Crippen molar-refractivity contribution in [2.75, 3.05) is 36.9 Å². The molecule has 1 saturated heterocycles. The zero-order valence-electron chi connectivity index (χ0n) is 20.9. The minimum atomic E-state index is -4.40. The van der Waals surface area contributed by atoms with E-state index in [-0.39, 0.29) is 29.0 Å². The number of fused-ring (bicyclic) bond motifs is 1. The number of nitrogen functional groups attached to an aromatic ring is 1. The zero-order valence-corrected chi connectivity index (χ0v) is 21.7. The summed E-state index contributed by atoms with van der Waals surface area (Å²) in [6.45, 7) is 3.80. The van der Waals surface area contributed by atoms with Crippen LogP contribution in [-0.4, -0.2) is 59.6 Å². The lowest BCUT2D eigenvalue weighted by molar-refractivity contribution is -0.137. The number of nitrogens with one attached hydrogen (secondary N) is 1. The molecule has 0 radical (unpaired) electrons. The molecule has 3 aromatic rings. The maximum absolute atomic E-state index is 12.7. The second-order valence-electron chi connectivity index (χ2n) is 9.38. The van der Waals surface area contributed by atoms with Crippen molar-refractivity contribution in [3.8, 4) is 5.75 Å². The van der Waals surface area contributed by atoms with Gasteiger partial charge in [0.15, 0.2) is 0 Å². The van der Waals surface area contributed by atoms with Crippen LogP contribution in [0.4, 0.5) is 24.7 Å². The highest BCUT2D eigenvalue weighted by atomic mass is 32.1. The third-order valence-corrected chi connectivity index (χ3v) is 7.65. The number of benzene rings is 1. The van der Waals surface area contributed by atoms with Crippen LogP contribution in [0.15, 0.2) is 30.3 Å². The minimum Gasteiger partial charge on any atom is -0.491 e. The van der Waals surface area contributed by atoms with Crippen molar-refractivity contribution in [2.45, 2.75) is 50.9 Å². The number of aryl methyl sites for hydroxylation is 1. The number of aliphatic hydroxyl groups excluding tert-OH is 1. The highest BCUT2D eigenvalue weighted by Crippen LogP contribution is 2.37. The van der Waals surface area contributed by atoms with Gasteiger partial charge in [-0.15, -0.1) is 11.3 Å². The van der Waals surface area contributed by atoms with Gasteiger partial charge in [-0.3, -0.25) is 0 Å². The van der Waals surface area contributed by atoms with Crippen LogP contribution in [0.5, 0.6) is 5.75 Å². The Labute approximate surface area is 222 Å². The summed E-state index contributed by atoms with van der Waals surface area (Å²) in [6, 6.07) is 6.57. The van der Waals surface area contributed by atoms with Gasteiger partial charge in [-0.25, -0.2) is 9.78 Å². The van der Waals surface area contributed by atoms with Gasteiger partial charge in [0.05, 0.1) is 11.3 Å². The second kappa shape index (κ2) is 11.7. The average molecular weight is 553 g/mol. The number of aliphatic hydroxyl groups is 1. The van der Waals surface area contributed by atoms with Crippen LogP contribution < -0.4 is 20.7 Å². The Morgan fingerprint density at radius 1 is 1.29 bits per heavy atom. The minimum absolute atomic E-state index is 0.0381. The average Bonchev–Trinajstić information content (AvgIpc) is 3.23. The Morgan fingerprint density at radius 3 is 2.58 bits per heavy atom. The third kappa shape index (κ3) is 6.48. The molecule has 3 heterocycles. The Kier molecular flexibility index (Phi) is 8.64. The first-order valence-corrected chi connectivity index (χ1v) is 13.3. The summed E-state index contributed by atoms with van der Waals surface area (Å²) in [7, 11) is 0. The van der Waals surface area contributed by atoms with Crippen LogP contribution in [0.2, 0.25) is 0 Å². The van der Waals surface area contributed by atoms with E-state index in [4.69, 9.17) is 15.5 Å². The van der Waals surface area contributed by atoms with Crippen LogP contribution in [0.1, 0.15) is 47.0 Å². The Bertz CT molecular complexity index is 1260. The molecule has 1 aromatic carbocycles. The number of ether oxygens (including phenoxy) is 1. The number of nitrogens with two attached hydrogens (primary N) is 1. The number of carbonyl (C=O) groups is 1. The van der Waals surface area contributed by atoms with Crippen molar-refractivity contribution in [3.05, 3.63) is 46.3 Å². The topological polar surface area (TPSA) is 121 Å². The van der Waals surface area contributed by atoms with Gasteiger partial charge in [0.1, 0.15) is 34.0 Å². The summed E-state index contributed by atoms with van der Waals surface area (Å²) >= 11 is 1.10. The molecule has 0 aliphatic carbocycles. The van der Waals surface area contributed by atoms with Crippen molar-refractivity contribution in [2.24, 2.45) is 0 Å². The van der Waals surface area contributed by atoms with Crippen molar-refractivity contribution in [3.63, 3.8) is 0 Å². The number of pyridine rings is 1. The van der Waals surface area contributed by atoms with Gasteiger partial charge in [-0.1, -0.05) is 13.3 Å². The van der Waals surface area contributed by atoms with E-state index in [9.17, 15) is 28.2 Å². The number of aromatic nitrogens is 1. The smallest absolute Gasteiger partial charge is 0.416 e. The number of aromatic carboxylic acids is 1. The quantitative estimate of drug-likeness (QED) is 0.289. The summed E-state index contributed by atoms with van der Waals surface area (Å²) in [4.78, 5) is 19.2. The molecule has 1 aliphatic rings. The van der Waals surface area contributed by atoms with E-state index in [0.717, 1.165) is 79.0 Å². The van der Waals surface area contributed by atoms with Crippen molar-refractivity contribution >= 4 is 39.0 Å². The molecule has 1 aliphatic heterocycles. The zero-order chi connectivity index (χ0) is 27.4. The fourth-order valence-corrected chi connectivity index (χ4v) is 5.55. The molecule has 12 heteroatoms. The number of carboxylic acid groups (broad SMARTS) is 1. The van der Waals surface area contributed by atoms with E-state index in [0.29, 0.717) is 11.4 Å². The first-order valence-electron chi connectivity index (χ1n) is 12.5. The lowest BCUT2D eigenvalue weighted by atomic mass is 10.0. The maximum atomic E-state index is 12.7. The number of hydrogen-bond donors (Lipinski definition) is 4. The first-order chi connectivity index (χ1) is 18.1. The number of rotatable bonds is 10. The van der Waals surface area contributed by atoms with Gasteiger partial charge >= 0.3 is 12.1 Å². The van der Waals surface area contributed by atoms with E-state index in [1.165, 1.54) is 12.1 Å². The van der Waals surface area contributed by atoms with Crippen molar-refractivity contribution in [1.29, 1.82) is 0 Å². The fourth-order valence-electron chi connectivity index (χ4n) is 4.58. The van der Waals surface area contributed by atoms with Crippen molar-refractivity contribution in [1.82, 2.24) is 10.3 Å². The van der Waals surface area contributed by atoms with Crippen LogP contribution in [0.25, 0.3) is 10.2 Å². The van der Waals surface area contributed by atoms with Crippen LogP contribution in [-0.2, 0) is 12.6 Å². The normalized spacial score (nSPS) is 15.7. The number of halogens is 3. The number of carboxylic acids is 1. The van der Waals surface area contributed by atoms with Crippen LogP contribution in [0, 0.1) is 0 Å². The monoisotopic (exact) mass is 552 g/mol. The SMILES string of the molecule is CCCc1cc(N2CCC(NCC(O)COc3ccc(C(F)(F)F)cc3)CC2)nc2sc(C(=O)O)c(N)c12. The van der Waals surface area contributed by atoms with E-state index in [1.54, 1.807) is 0 Å². The number of anilines is 2. The molecule has 0 amide bonds. The highest BCUT2D eigenvalue weighted by Gasteiger charge is 2.30. The number of alkyl halides is 3. The summed E-state index contributed by atoms with van der Waals surface area (Å²) in [5.74, 6) is 0.0242. The molecule has 38 heavy (non-hydrogen) atoms. The predicted molar refractivity (Wildman–Crippen MR) is 141 cm³/mol. The molecule has 5 N–H and O–H groups in total. The maximum Gasteiger partial charge on any atom is 0.416 e. The lowest BCUT2D eigenvalue weighted by Crippen LogP contribution is -2.45. The standard InChI is InChI=1S/C26H31F3N4O4S/c1-2-3-15-12-20(32-24-21(15)22(30)23(38-24)25(35)36)33-10-8-17(9-11-33)31-13-18(34)14-37-19-6-4-16(5-7-19)26(27,28)29/h4-7,12,17-18,31,34H,2-3,8-11,13-14,30H2,1H3,(H,35,36). The number of nitrogens with zero attached hydrogens (tertiary/aromatic N) is 2. The largest absolute Gasteiger partial charge is 0.491 e. The predicted octanol–water partition coefficient (Wildman–Crippen LogP) is 4.55. The molecule has 206 valence electrons. The van der Waals surface area contributed by atoms with Crippen molar-refractivity contribution < 1.29 is 32.9 Å². The summed E-state index contributed by atoms with van der Waals surface area (Å²) < 4.78 is 43.4. The van der Waals surface area contributed by atoms with E-state index >= 15 is 0 Å². The highest BCUT2D eigenvalue weighted by molar-refractivity contribution is 7.21. The molecular formula is C26H31F3N4O4S. The Hall–Kier alpha value is -3.09. The Balaban J connectivity index is 1.29. The second-order valence-corrected chi connectivity index (χ2v) is 10.4. The molecule has 4 rings (SSSR count). The van der Waals surface area contributed by atoms with Crippen LogP contribution >= 0.6 is 11.3 Å². The van der Waals surface area contributed by atoms with Crippen LogP contribution in [0.3, 0.4) is 0 Å². The summed E-state index contributed by atoms with van der Waals surface area (Å²) in [5.41, 5.74) is 6.68. The van der Waals surface area contributed by atoms with E-state index < -0.39 is 23.8 Å². The molecule has 8 nitrogen and oxygen atoms in total. The fraction of sp³-hybridized carbons (Fsp3) is 0.462. The molecule has 1 fully saturated rings. The van der Waals surface area contributed by atoms with Gasteiger partial charge in [0.2, 0.25) is 0 Å². The van der Waals surface area contributed by atoms with E-state index in [1.807, 2.05) is 6.07 Å².